The molecule has 0 amide bonds. The maximum atomic E-state index is 6.94. The molecule has 0 atom stereocenters. The predicted molar refractivity (Wildman–Crippen MR) is 340 cm³/mol. The third kappa shape index (κ3) is 6.59. The fourth-order valence-electron chi connectivity index (χ4n) is 14.5. The van der Waals surface area contributed by atoms with Crippen LogP contribution in [-0.4, -0.2) is 14.1 Å². The van der Waals surface area contributed by atoms with E-state index in [1.54, 1.807) is 0 Å². The molecule has 17 rings (SSSR count). The fraction of sp³-hybridized carbons (Fsp3) is 0.0779. The number of anilines is 2. The molecule has 0 radical (unpaired) electrons. The minimum Gasteiger partial charge on any atom is -0.457 e. The maximum absolute atomic E-state index is 6.94. The van der Waals surface area contributed by atoms with E-state index in [4.69, 9.17) is 9.72 Å². The molecule has 3 aromatic heterocycles. The van der Waals surface area contributed by atoms with Crippen LogP contribution < -0.4 is 9.64 Å². The minimum absolute atomic E-state index is 0.0276. The largest absolute Gasteiger partial charge is 0.457 e. The molecule has 388 valence electrons. The lowest BCUT2D eigenvalue weighted by molar-refractivity contribution is 0.483. The van der Waals surface area contributed by atoms with E-state index in [1.165, 1.54) is 104 Å². The Morgan fingerprint density at radius 2 is 0.976 bits per heavy atom. The van der Waals surface area contributed by atoms with E-state index < -0.39 is 5.41 Å². The molecule has 2 aliphatic carbocycles. The third-order valence-electron chi connectivity index (χ3n) is 18.1. The summed E-state index contributed by atoms with van der Waals surface area (Å²) in [6, 6.07) is 94.4. The summed E-state index contributed by atoms with van der Waals surface area (Å²) >= 11 is 0. The van der Waals surface area contributed by atoms with Gasteiger partial charge in [-0.15, -0.1) is 0 Å². The van der Waals surface area contributed by atoms with Crippen LogP contribution in [0.3, 0.4) is 0 Å². The first-order valence-corrected chi connectivity index (χ1v) is 28.5. The Bertz CT molecular complexity index is 5060. The van der Waals surface area contributed by atoms with Gasteiger partial charge in [-0.1, -0.05) is 203 Å². The number of nitrogens with zero attached hydrogens (tertiary/aromatic N) is 4. The quantitative estimate of drug-likeness (QED) is 0.172. The number of aromatic nitrogens is 3. The number of ether oxygens (including phenoxy) is 1. The summed E-state index contributed by atoms with van der Waals surface area (Å²) in [4.78, 5) is 7.40. The molecule has 0 N–H and O–H groups in total. The lowest BCUT2D eigenvalue weighted by Crippen LogP contribution is -2.25. The van der Waals surface area contributed by atoms with Crippen molar-refractivity contribution in [2.45, 2.75) is 38.3 Å². The molecule has 1 aliphatic heterocycles. The Morgan fingerprint density at radius 3 is 1.71 bits per heavy atom. The van der Waals surface area contributed by atoms with Crippen molar-refractivity contribution in [3.05, 3.63) is 289 Å². The van der Waals surface area contributed by atoms with Crippen LogP contribution in [0.25, 0.3) is 104 Å². The van der Waals surface area contributed by atoms with Crippen LogP contribution in [0.2, 0.25) is 0 Å². The summed E-state index contributed by atoms with van der Waals surface area (Å²) in [6.07, 6.45) is 1.93. The number of benzene rings is 11. The summed E-state index contributed by atoms with van der Waals surface area (Å²) in [5.41, 5.74) is 20.4. The first kappa shape index (κ1) is 46.7. The molecular formula is C77H54N4O. The fourth-order valence-corrected chi connectivity index (χ4v) is 14.5. The summed E-state index contributed by atoms with van der Waals surface area (Å²) < 4.78 is 11.8. The van der Waals surface area contributed by atoms with E-state index >= 15 is 0 Å². The van der Waals surface area contributed by atoms with E-state index in [2.05, 4.69) is 290 Å². The second-order valence-electron chi connectivity index (χ2n) is 23.4. The number of para-hydroxylation sites is 3. The number of pyridine rings is 1. The number of hydrogen-bond donors (Lipinski definition) is 0. The molecule has 0 saturated heterocycles. The standard InChI is InChI=1S/C77H54N4O/c1-76(2,3)49-41-42-78-73(44-49)81-70-35-15-10-27-61(70)62-40-38-52(46-72(62)81)82-51-20-16-19-50(45-51)79-47-80-69-34-14-9-26-60(69)54-21-4-5-22-55(54)63-29-17-28-53(74(63)64-30-18-36-71(79)75(64)80)48-37-39-59-58-25-8-13-33-67(58)77(68(59)43-48)65-31-11-6-23-56(65)57-24-7-12-32-66(57)77/h4-46H,47H2,1-3H3. The van der Waals surface area contributed by atoms with Crippen molar-refractivity contribution in [1.29, 1.82) is 0 Å². The van der Waals surface area contributed by atoms with Crippen LogP contribution in [-0.2, 0) is 17.5 Å². The summed E-state index contributed by atoms with van der Waals surface area (Å²) in [5, 5.41) is 9.55. The molecule has 0 fully saturated rings. The van der Waals surface area contributed by atoms with Gasteiger partial charge >= 0.3 is 0 Å². The van der Waals surface area contributed by atoms with Gasteiger partial charge in [-0.3, -0.25) is 4.57 Å². The lowest BCUT2D eigenvalue weighted by atomic mass is 9.70. The Hall–Kier alpha value is -10.2. The molecule has 11 aromatic carbocycles. The van der Waals surface area contributed by atoms with Crippen molar-refractivity contribution in [3.63, 3.8) is 0 Å². The van der Waals surface area contributed by atoms with Gasteiger partial charge in [0.2, 0.25) is 0 Å². The molecular weight excluding hydrogens is 997 g/mol. The number of fused-ring (bicyclic) bond motifs is 20. The normalized spacial score (nSPS) is 13.6. The SMILES string of the molecule is CC(C)(C)c1ccnc(-n2c3ccccc3c3ccc(Oc4cccc(N5Cn6c7ccccc7c7ccccc7c7cccc(-c8ccc9c(c8)C8(c%10ccccc%10-c%10ccccc%108)c8ccccc8-9)c7c7cccc5c76)c4)cc32)c1. The second kappa shape index (κ2) is 17.4. The van der Waals surface area contributed by atoms with Crippen LogP contribution in [0.5, 0.6) is 11.5 Å². The van der Waals surface area contributed by atoms with Gasteiger partial charge in [0.15, 0.2) is 0 Å². The number of hydrogen-bond acceptors (Lipinski definition) is 3. The van der Waals surface area contributed by atoms with Gasteiger partial charge < -0.3 is 14.2 Å². The maximum Gasteiger partial charge on any atom is 0.137 e. The first-order chi connectivity index (χ1) is 40.3. The van der Waals surface area contributed by atoms with Gasteiger partial charge in [0.1, 0.15) is 24.0 Å². The molecule has 4 heterocycles. The average Bonchev–Trinajstić information content (AvgIpc) is 2.07. The van der Waals surface area contributed by atoms with Gasteiger partial charge in [-0.25, -0.2) is 4.98 Å². The predicted octanol–water partition coefficient (Wildman–Crippen LogP) is 19.9. The van der Waals surface area contributed by atoms with Crippen LogP contribution in [0.15, 0.2) is 261 Å². The molecule has 82 heavy (non-hydrogen) atoms. The van der Waals surface area contributed by atoms with Crippen molar-refractivity contribution in [2.75, 3.05) is 4.90 Å². The topological polar surface area (TPSA) is 35.2 Å². The number of rotatable bonds is 5. The van der Waals surface area contributed by atoms with Gasteiger partial charge in [0.05, 0.1) is 33.2 Å². The van der Waals surface area contributed by atoms with E-state index in [1.807, 2.05) is 6.20 Å². The van der Waals surface area contributed by atoms with Crippen LogP contribution in [0, 0.1) is 0 Å². The van der Waals surface area contributed by atoms with E-state index in [-0.39, 0.29) is 5.41 Å². The van der Waals surface area contributed by atoms with E-state index in [9.17, 15) is 0 Å². The van der Waals surface area contributed by atoms with Crippen molar-refractivity contribution in [3.8, 4) is 50.7 Å². The van der Waals surface area contributed by atoms with Gasteiger partial charge in [0.25, 0.3) is 0 Å². The van der Waals surface area contributed by atoms with Crippen molar-refractivity contribution >= 4 is 76.5 Å². The minimum atomic E-state index is -0.462. The molecule has 0 bridgehead atoms. The smallest absolute Gasteiger partial charge is 0.137 e. The molecule has 14 aromatic rings. The Morgan fingerprint density at radius 1 is 0.415 bits per heavy atom. The molecule has 3 aliphatic rings. The van der Waals surface area contributed by atoms with Crippen LogP contribution >= 0.6 is 0 Å². The van der Waals surface area contributed by atoms with Crippen LogP contribution in [0.1, 0.15) is 48.6 Å². The monoisotopic (exact) mass is 1050 g/mol. The molecule has 5 heteroatoms. The zero-order valence-corrected chi connectivity index (χ0v) is 45.7. The Kier molecular flexibility index (Phi) is 9.89. The van der Waals surface area contributed by atoms with Gasteiger partial charge in [-0.05, 0) is 149 Å². The Balaban J connectivity index is 0.856. The molecule has 5 nitrogen and oxygen atoms in total. The third-order valence-corrected chi connectivity index (χ3v) is 18.1. The molecule has 1 spiro atoms. The van der Waals surface area contributed by atoms with Crippen molar-refractivity contribution < 1.29 is 4.74 Å². The molecule has 0 unspecified atom stereocenters. The van der Waals surface area contributed by atoms with Gasteiger partial charge in [0, 0.05) is 45.6 Å². The lowest BCUT2D eigenvalue weighted by Gasteiger charge is -2.30. The van der Waals surface area contributed by atoms with Crippen LogP contribution in [0.4, 0.5) is 11.4 Å². The second-order valence-corrected chi connectivity index (χ2v) is 23.4. The summed E-state index contributed by atoms with van der Waals surface area (Å²) in [6.45, 7) is 7.34. The highest BCUT2D eigenvalue weighted by atomic mass is 16.5. The highest BCUT2D eigenvalue weighted by Crippen LogP contribution is 2.63. The Labute approximate surface area is 475 Å². The molecule has 0 saturated carbocycles. The summed E-state index contributed by atoms with van der Waals surface area (Å²) in [5.74, 6) is 2.41. The highest BCUT2D eigenvalue weighted by molar-refractivity contribution is 6.24. The zero-order chi connectivity index (χ0) is 54.4. The van der Waals surface area contributed by atoms with Crippen molar-refractivity contribution in [2.24, 2.45) is 0 Å². The van der Waals surface area contributed by atoms with E-state index in [0.29, 0.717) is 6.67 Å². The van der Waals surface area contributed by atoms with Gasteiger partial charge in [-0.2, -0.15) is 0 Å². The summed E-state index contributed by atoms with van der Waals surface area (Å²) in [7, 11) is 0. The first-order valence-electron chi connectivity index (χ1n) is 28.5. The van der Waals surface area contributed by atoms with Crippen molar-refractivity contribution in [1.82, 2.24) is 14.1 Å². The zero-order valence-electron chi connectivity index (χ0n) is 45.7. The highest BCUT2D eigenvalue weighted by Gasteiger charge is 2.51. The average molecular weight is 1050 g/mol. The van der Waals surface area contributed by atoms with E-state index in [0.717, 1.165) is 50.6 Å².